The summed E-state index contributed by atoms with van der Waals surface area (Å²) in [5, 5.41) is 18.9. The summed E-state index contributed by atoms with van der Waals surface area (Å²) in [7, 11) is 0. The Balaban J connectivity index is 2.06. The molecule has 1 amide bonds. The minimum absolute atomic E-state index is 0.0605. The number of phenols is 1. The molecular weight excluding hydrogens is 254 g/mol. The minimum atomic E-state index is -0.143. The van der Waals surface area contributed by atoms with Crippen LogP contribution in [0, 0.1) is 18.3 Å². The number of phenolic OH excluding ortho intramolecular Hbond substituents is 1. The highest BCUT2D eigenvalue weighted by atomic mass is 16.3. The average Bonchev–Trinajstić information content (AvgIpc) is 2.48. The van der Waals surface area contributed by atoms with E-state index in [1.807, 2.05) is 6.92 Å². The SMILES string of the molecule is Cc1cccc(C(=O)N2CCN(C(C)C#N)CC2)c1O. The number of carbonyl (C=O) groups is 1. The maximum Gasteiger partial charge on any atom is 0.257 e. The van der Waals surface area contributed by atoms with E-state index in [4.69, 9.17) is 5.26 Å². The smallest absolute Gasteiger partial charge is 0.257 e. The van der Waals surface area contributed by atoms with Crippen LogP contribution in [-0.2, 0) is 0 Å². The lowest BCUT2D eigenvalue weighted by Crippen LogP contribution is -2.51. The number of nitriles is 1. The number of carbonyl (C=O) groups excluding carboxylic acids is 1. The summed E-state index contributed by atoms with van der Waals surface area (Å²) in [6, 6.07) is 7.28. The Morgan fingerprint density at radius 1 is 1.35 bits per heavy atom. The Labute approximate surface area is 119 Å². The standard InChI is InChI=1S/C15H19N3O2/c1-11-4-3-5-13(14(11)19)15(20)18-8-6-17(7-9-18)12(2)10-16/h3-5,12,19H,6-9H2,1-2H3. The summed E-state index contributed by atoms with van der Waals surface area (Å²) in [5.74, 6) is -0.0826. The second-order valence-electron chi connectivity index (χ2n) is 5.10. The van der Waals surface area contributed by atoms with Crippen LogP contribution in [-0.4, -0.2) is 53.0 Å². The van der Waals surface area contributed by atoms with Crippen molar-refractivity contribution >= 4 is 5.91 Å². The van der Waals surface area contributed by atoms with Crippen LogP contribution in [0.2, 0.25) is 0 Å². The van der Waals surface area contributed by atoms with Gasteiger partial charge in [-0.3, -0.25) is 9.69 Å². The summed E-state index contributed by atoms with van der Waals surface area (Å²) in [5.41, 5.74) is 1.05. The first-order chi connectivity index (χ1) is 9.54. The van der Waals surface area contributed by atoms with Crippen LogP contribution in [0.5, 0.6) is 5.75 Å². The van der Waals surface area contributed by atoms with Gasteiger partial charge in [-0.2, -0.15) is 5.26 Å². The average molecular weight is 273 g/mol. The second kappa shape index (κ2) is 5.93. The summed E-state index contributed by atoms with van der Waals surface area (Å²) in [6.45, 7) is 6.18. The Morgan fingerprint density at radius 2 is 2.00 bits per heavy atom. The molecular formula is C15H19N3O2. The number of amides is 1. The molecule has 1 aromatic rings. The summed E-state index contributed by atoms with van der Waals surface area (Å²) in [4.78, 5) is 16.2. The van der Waals surface area contributed by atoms with Crippen LogP contribution in [0.25, 0.3) is 0 Å². The van der Waals surface area contributed by atoms with E-state index in [0.717, 1.165) is 0 Å². The van der Waals surface area contributed by atoms with Crippen LogP contribution in [0.1, 0.15) is 22.8 Å². The van der Waals surface area contributed by atoms with E-state index in [2.05, 4.69) is 11.0 Å². The highest BCUT2D eigenvalue weighted by Crippen LogP contribution is 2.23. The van der Waals surface area contributed by atoms with Gasteiger partial charge in [0.1, 0.15) is 5.75 Å². The molecule has 0 spiro atoms. The number of nitrogens with zero attached hydrogens (tertiary/aromatic N) is 3. The molecule has 5 heteroatoms. The first kappa shape index (κ1) is 14.4. The molecule has 1 saturated heterocycles. The van der Waals surface area contributed by atoms with Gasteiger partial charge in [0.25, 0.3) is 5.91 Å². The van der Waals surface area contributed by atoms with Gasteiger partial charge in [0.05, 0.1) is 17.7 Å². The summed E-state index contributed by atoms with van der Waals surface area (Å²) >= 11 is 0. The van der Waals surface area contributed by atoms with Gasteiger partial charge in [-0.25, -0.2) is 0 Å². The van der Waals surface area contributed by atoms with Gasteiger partial charge in [0.15, 0.2) is 0 Å². The zero-order chi connectivity index (χ0) is 14.7. The molecule has 1 heterocycles. The number of aromatic hydroxyl groups is 1. The van der Waals surface area contributed by atoms with Crippen LogP contribution < -0.4 is 0 Å². The lowest BCUT2D eigenvalue weighted by atomic mass is 10.1. The largest absolute Gasteiger partial charge is 0.507 e. The normalized spacial score (nSPS) is 17.6. The van der Waals surface area contributed by atoms with E-state index in [9.17, 15) is 9.90 Å². The molecule has 1 aliphatic rings. The lowest BCUT2D eigenvalue weighted by molar-refractivity contribution is 0.0612. The highest BCUT2D eigenvalue weighted by Gasteiger charge is 2.26. The van der Waals surface area contributed by atoms with Gasteiger partial charge in [-0.1, -0.05) is 12.1 Å². The van der Waals surface area contributed by atoms with Crippen LogP contribution in [0.15, 0.2) is 18.2 Å². The number of piperazine rings is 1. The maximum absolute atomic E-state index is 12.4. The fraction of sp³-hybridized carbons (Fsp3) is 0.467. The molecule has 1 aliphatic heterocycles. The second-order valence-corrected chi connectivity index (χ2v) is 5.10. The van der Waals surface area contributed by atoms with Crippen molar-refractivity contribution in [1.82, 2.24) is 9.80 Å². The minimum Gasteiger partial charge on any atom is -0.507 e. The molecule has 1 unspecified atom stereocenters. The van der Waals surface area contributed by atoms with E-state index < -0.39 is 0 Å². The molecule has 1 fully saturated rings. The van der Waals surface area contributed by atoms with Crippen molar-refractivity contribution in [2.24, 2.45) is 0 Å². The third-order valence-corrected chi connectivity index (χ3v) is 3.80. The number of rotatable bonds is 2. The first-order valence-corrected chi connectivity index (χ1v) is 6.76. The van der Waals surface area contributed by atoms with E-state index in [-0.39, 0.29) is 17.7 Å². The Kier molecular flexibility index (Phi) is 4.26. The quantitative estimate of drug-likeness (QED) is 0.883. The molecule has 5 nitrogen and oxygen atoms in total. The zero-order valence-corrected chi connectivity index (χ0v) is 11.8. The zero-order valence-electron chi connectivity index (χ0n) is 11.8. The fourth-order valence-electron chi connectivity index (χ4n) is 2.40. The topological polar surface area (TPSA) is 67.6 Å². The molecule has 0 radical (unpaired) electrons. The van der Waals surface area contributed by atoms with E-state index in [1.165, 1.54) is 0 Å². The number of hydrogen-bond acceptors (Lipinski definition) is 4. The lowest BCUT2D eigenvalue weighted by Gasteiger charge is -2.36. The Morgan fingerprint density at radius 3 is 2.60 bits per heavy atom. The molecule has 0 aliphatic carbocycles. The predicted octanol–water partition coefficient (Wildman–Crippen LogP) is 1.37. The van der Waals surface area contributed by atoms with Crippen LogP contribution in [0.3, 0.4) is 0 Å². The number of benzene rings is 1. The van der Waals surface area contributed by atoms with E-state index >= 15 is 0 Å². The van der Waals surface area contributed by atoms with Crippen LogP contribution in [0.4, 0.5) is 0 Å². The molecule has 20 heavy (non-hydrogen) atoms. The third-order valence-electron chi connectivity index (χ3n) is 3.80. The van der Waals surface area contributed by atoms with Gasteiger partial charge in [-0.15, -0.1) is 0 Å². The van der Waals surface area contributed by atoms with Gasteiger partial charge in [-0.05, 0) is 25.5 Å². The van der Waals surface area contributed by atoms with Gasteiger partial charge >= 0.3 is 0 Å². The monoisotopic (exact) mass is 273 g/mol. The van der Waals surface area contributed by atoms with Crippen molar-refractivity contribution in [3.8, 4) is 11.8 Å². The molecule has 106 valence electrons. The van der Waals surface area contributed by atoms with Crippen molar-refractivity contribution in [3.63, 3.8) is 0 Å². The summed E-state index contributed by atoms with van der Waals surface area (Å²) < 4.78 is 0. The van der Waals surface area contributed by atoms with Crippen molar-refractivity contribution < 1.29 is 9.90 Å². The number of para-hydroxylation sites is 1. The van der Waals surface area contributed by atoms with E-state index in [1.54, 1.807) is 30.0 Å². The maximum atomic E-state index is 12.4. The van der Waals surface area contributed by atoms with E-state index in [0.29, 0.717) is 37.3 Å². The Bertz CT molecular complexity index is 543. The predicted molar refractivity (Wildman–Crippen MR) is 75.4 cm³/mol. The summed E-state index contributed by atoms with van der Waals surface area (Å²) in [6.07, 6.45) is 0. The molecule has 1 aromatic carbocycles. The third kappa shape index (κ3) is 2.75. The van der Waals surface area contributed by atoms with Gasteiger partial charge in [0, 0.05) is 26.2 Å². The molecule has 1 atom stereocenters. The Hall–Kier alpha value is -2.06. The molecule has 1 N–H and O–H groups in total. The van der Waals surface area contributed by atoms with Crippen molar-refractivity contribution in [1.29, 1.82) is 5.26 Å². The fourth-order valence-corrected chi connectivity index (χ4v) is 2.40. The number of hydrogen-bond donors (Lipinski definition) is 1. The van der Waals surface area contributed by atoms with Gasteiger partial charge in [0.2, 0.25) is 0 Å². The molecule has 0 aromatic heterocycles. The van der Waals surface area contributed by atoms with Crippen molar-refractivity contribution in [3.05, 3.63) is 29.3 Å². The van der Waals surface area contributed by atoms with Crippen LogP contribution >= 0.6 is 0 Å². The first-order valence-electron chi connectivity index (χ1n) is 6.76. The molecule has 2 rings (SSSR count). The molecule has 0 saturated carbocycles. The highest BCUT2D eigenvalue weighted by molar-refractivity contribution is 5.97. The van der Waals surface area contributed by atoms with Crippen molar-refractivity contribution in [2.75, 3.05) is 26.2 Å². The van der Waals surface area contributed by atoms with Gasteiger partial charge < -0.3 is 10.0 Å². The number of aryl methyl sites for hydroxylation is 1. The molecule has 0 bridgehead atoms. The van der Waals surface area contributed by atoms with Crippen molar-refractivity contribution in [2.45, 2.75) is 19.9 Å².